The molecule has 0 aliphatic heterocycles. The van der Waals surface area contributed by atoms with Crippen LogP contribution in [0.3, 0.4) is 0 Å². The van der Waals surface area contributed by atoms with Crippen LogP contribution < -0.4 is 15.8 Å². The van der Waals surface area contributed by atoms with Gasteiger partial charge in [-0.2, -0.15) is 0 Å². The molecule has 1 aliphatic rings. The van der Waals surface area contributed by atoms with Gasteiger partial charge in [0.15, 0.2) is 0 Å². The second-order valence-corrected chi connectivity index (χ2v) is 8.55. The van der Waals surface area contributed by atoms with Crippen molar-refractivity contribution in [2.75, 3.05) is 7.05 Å². The molecule has 0 saturated heterocycles. The normalized spacial score (nSPS) is 21.9. The van der Waals surface area contributed by atoms with Gasteiger partial charge in [-0.05, 0) is 38.4 Å². The zero-order valence-electron chi connectivity index (χ0n) is 12.4. The minimum atomic E-state index is -3.40. The Hall–Kier alpha value is -0.670. The highest BCUT2D eigenvalue weighted by Crippen LogP contribution is 2.24. The third kappa shape index (κ3) is 4.92. The van der Waals surface area contributed by atoms with Crippen molar-refractivity contribution in [3.05, 3.63) is 17.0 Å². The third-order valence-corrected chi connectivity index (χ3v) is 6.68. The monoisotopic (exact) mass is 367 g/mol. The molecule has 2 unspecified atom stereocenters. The highest BCUT2D eigenvalue weighted by molar-refractivity contribution is 7.91. The van der Waals surface area contributed by atoms with Crippen LogP contribution in [0, 0.1) is 5.92 Å². The quantitative estimate of drug-likeness (QED) is 0.728. The summed E-state index contributed by atoms with van der Waals surface area (Å²) in [4.78, 5) is 12.9. The van der Waals surface area contributed by atoms with Crippen LogP contribution >= 0.6 is 23.7 Å². The van der Waals surface area contributed by atoms with Crippen molar-refractivity contribution in [3.8, 4) is 0 Å². The molecule has 126 valence electrons. The van der Waals surface area contributed by atoms with Crippen LogP contribution in [0.4, 0.5) is 0 Å². The molecule has 1 amide bonds. The van der Waals surface area contributed by atoms with Crippen LogP contribution in [-0.2, 0) is 21.4 Å². The maximum Gasteiger partial charge on any atom is 0.249 e. The molecular formula is C13H22ClN3O3S2. The Balaban J connectivity index is 0.00000242. The van der Waals surface area contributed by atoms with Crippen molar-refractivity contribution in [2.24, 2.45) is 11.7 Å². The fraction of sp³-hybridized carbons (Fsp3) is 0.615. The number of amides is 1. The van der Waals surface area contributed by atoms with Crippen molar-refractivity contribution >= 4 is 39.7 Å². The lowest BCUT2D eigenvalue weighted by Gasteiger charge is -2.25. The molecule has 6 nitrogen and oxygen atoms in total. The van der Waals surface area contributed by atoms with Gasteiger partial charge < -0.3 is 11.1 Å². The minimum absolute atomic E-state index is 0. The number of hydrogen-bond acceptors (Lipinski definition) is 5. The minimum Gasteiger partial charge on any atom is -0.351 e. The van der Waals surface area contributed by atoms with Crippen molar-refractivity contribution in [1.29, 1.82) is 0 Å². The topological polar surface area (TPSA) is 101 Å². The Bertz CT molecular complexity index is 603. The number of carbonyl (C=O) groups is 1. The number of thiophene rings is 1. The lowest BCUT2D eigenvalue weighted by atomic mass is 9.85. The van der Waals surface area contributed by atoms with Gasteiger partial charge in [0, 0.05) is 16.8 Å². The number of carbonyl (C=O) groups excluding carboxylic acids is 1. The van der Waals surface area contributed by atoms with E-state index >= 15 is 0 Å². The van der Waals surface area contributed by atoms with Crippen LogP contribution in [0.15, 0.2) is 16.3 Å². The number of rotatable bonds is 5. The summed E-state index contributed by atoms with van der Waals surface area (Å²) in [6.45, 7) is 0.356. The SMILES string of the molecule is CNS(=O)(=O)c1ccc(CNC(=O)C2CCCC(N)C2)s1.Cl. The molecule has 1 aromatic rings. The molecule has 0 bridgehead atoms. The van der Waals surface area contributed by atoms with Gasteiger partial charge in [-0.1, -0.05) is 6.42 Å². The summed E-state index contributed by atoms with van der Waals surface area (Å²) in [5.41, 5.74) is 5.89. The van der Waals surface area contributed by atoms with E-state index in [-0.39, 0.29) is 34.5 Å². The molecule has 1 fully saturated rings. The summed E-state index contributed by atoms with van der Waals surface area (Å²) in [6.07, 6.45) is 3.59. The fourth-order valence-electron chi connectivity index (χ4n) is 2.48. The second kappa shape index (κ2) is 8.26. The van der Waals surface area contributed by atoms with Crippen LogP contribution in [0.1, 0.15) is 30.6 Å². The largest absolute Gasteiger partial charge is 0.351 e. The van der Waals surface area contributed by atoms with E-state index in [1.165, 1.54) is 7.05 Å². The maximum atomic E-state index is 12.1. The first kappa shape index (κ1) is 19.4. The molecule has 9 heteroatoms. The van der Waals surface area contributed by atoms with E-state index in [0.29, 0.717) is 6.54 Å². The number of halogens is 1. The molecule has 22 heavy (non-hydrogen) atoms. The number of hydrogen-bond donors (Lipinski definition) is 3. The van der Waals surface area contributed by atoms with Gasteiger partial charge in [-0.15, -0.1) is 23.7 Å². The first-order valence-electron chi connectivity index (χ1n) is 6.98. The Morgan fingerprint density at radius 2 is 2.14 bits per heavy atom. The summed E-state index contributed by atoms with van der Waals surface area (Å²) < 4.78 is 25.8. The Labute approximate surface area is 141 Å². The predicted molar refractivity (Wildman–Crippen MR) is 89.6 cm³/mol. The zero-order valence-corrected chi connectivity index (χ0v) is 14.8. The Morgan fingerprint density at radius 1 is 1.41 bits per heavy atom. The van der Waals surface area contributed by atoms with Crippen molar-refractivity contribution in [3.63, 3.8) is 0 Å². The van der Waals surface area contributed by atoms with E-state index in [9.17, 15) is 13.2 Å². The molecular weight excluding hydrogens is 346 g/mol. The lowest BCUT2D eigenvalue weighted by Crippen LogP contribution is -2.37. The van der Waals surface area contributed by atoms with Gasteiger partial charge in [0.25, 0.3) is 0 Å². The van der Waals surface area contributed by atoms with E-state index in [1.807, 2.05) is 0 Å². The van der Waals surface area contributed by atoms with Crippen LogP contribution in [0.5, 0.6) is 0 Å². The molecule has 0 spiro atoms. The lowest BCUT2D eigenvalue weighted by molar-refractivity contribution is -0.126. The van der Waals surface area contributed by atoms with Crippen molar-refractivity contribution in [1.82, 2.24) is 10.0 Å². The average Bonchev–Trinajstić information content (AvgIpc) is 2.94. The van der Waals surface area contributed by atoms with E-state index in [2.05, 4.69) is 10.0 Å². The average molecular weight is 368 g/mol. The molecule has 4 N–H and O–H groups in total. The first-order chi connectivity index (χ1) is 9.92. The molecule has 1 heterocycles. The predicted octanol–water partition coefficient (Wildman–Crippen LogP) is 1.21. The molecule has 0 radical (unpaired) electrons. The first-order valence-corrected chi connectivity index (χ1v) is 9.28. The summed E-state index contributed by atoms with van der Waals surface area (Å²) in [5.74, 6) is -0.00852. The van der Waals surface area contributed by atoms with Crippen LogP contribution in [0.2, 0.25) is 0 Å². The van der Waals surface area contributed by atoms with Gasteiger partial charge in [0.05, 0.1) is 6.54 Å². The molecule has 0 aromatic carbocycles. The highest BCUT2D eigenvalue weighted by Gasteiger charge is 2.25. The van der Waals surface area contributed by atoms with Crippen LogP contribution in [-0.4, -0.2) is 27.4 Å². The van der Waals surface area contributed by atoms with E-state index < -0.39 is 10.0 Å². The molecule has 2 rings (SSSR count). The summed E-state index contributed by atoms with van der Waals surface area (Å²) >= 11 is 1.16. The molecule has 1 aromatic heterocycles. The van der Waals surface area contributed by atoms with E-state index in [4.69, 9.17) is 5.73 Å². The van der Waals surface area contributed by atoms with Gasteiger partial charge in [0.1, 0.15) is 4.21 Å². The molecule has 2 atom stereocenters. The smallest absolute Gasteiger partial charge is 0.249 e. The van der Waals surface area contributed by atoms with E-state index in [0.717, 1.165) is 41.9 Å². The molecule has 1 aliphatic carbocycles. The van der Waals surface area contributed by atoms with Gasteiger partial charge in [-0.3, -0.25) is 4.79 Å². The number of sulfonamides is 1. The van der Waals surface area contributed by atoms with Gasteiger partial charge >= 0.3 is 0 Å². The third-order valence-electron chi connectivity index (χ3n) is 3.69. The Morgan fingerprint density at radius 3 is 2.77 bits per heavy atom. The summed E-state index contributed by atoms with van der Waals surface area (Å²) in [7, 11) is -2.03. The number of nitrogens with two attached hydrogens (primary N) is 1. The standard InChI is InChI=1S/C13H21N3O3S2.ClH/c1-15-21(18,19)12-6-5-11(20-12)8-16-13(17)9-3-2-4-10(14)7-9;/h5-6,9-10,15H,2-4,7-8,14H2,1H3,(H,16,17);1H. The summed E-state index contributed by atoms with van der Waals surface area (Å²) in [6, 6.07) is 3.39. The highest BCUT2D eigenvalue weighted by atomic mass is 35.5. The second-order valence-electron chi connectivity index (χ2n) is 5.27. The number of nitrogens with one attached hydrogen (secondary N) is 2. The maximum absolute atomic E-state index is 12.1. The van der Waals surface area contributed by atoms with Crippen LogP contribution in [0.25, 0.3) is 0 Å². The van der Waals surface area contributed by atoms with Gasteiger partial charge in [-0.25, -0.2) is 13.1 Å². The van der Waals surface area contributed by atoms with Crippen molar-refractivity contribution in [2.45, 2.75) is 42.5 Å². The Kier molecular flexibility index (Phi) is 7.27. The van der Waals surface area contributed by atoms with Gasteiger partial charge in [0.2, 0.25) is 15.9 Å². The summed E-state index contributed by atoms with van der Waals surface area (Å²) in [5, 5.41) is 2.87. The van der Waals surface area contributed by atoms with Crippen molar-refractivity contribution < 1.29 is 13.2 Å². The van der Waals surface area contributed by atoms with E-state index in [1.54, 1.807) is 12.1 Å². The molecule has 1 saturated carbocycles. The fourth-order valence-corrected chi connectivity index (χ4v) is 4.62. The zero-order chi connectivity index (χ0) is 15.5.